The van der Waals surface area contributed by atoms with Crippen LogP contribution in [0.3, 0.4) is 0 Å². The van der Waals surface area contributed by atoms with Crippen molar-refractivity contribution in [1.82, 2.24) is 0 Å². The largest absolute Gasteiger partial charge is 0.391 e. The molecule has 2 aromatic rings. The molecule has 0 aliphatic rings. The molecule has 0 aliphatic carbocycles. The van der Waals surface area contributed by atoms with Crippen molar-refractivity contribution < 1.29 is 32.7 Å². The van der Waals surface area contributed by atoms with Gasteiger partial charge in [0, 0.05) is 43.3 Å². The van der Waals surface area contributed by atoms with Crippen LogP contribution in [0.2, 0.25) is 0 Å². The molecule has 8 nitrogen and oxygen atoms in total. The Hall–Kier alpha value is -1.75. The van der Waals surface area contributed by atoms with E-state index < -0.39 is 22.3 Å². The summed E-state index contributed by atoms with van der Waals surface area (Å²) in [6.07, 6.45) is 1.16. The molecule has 2 unspecified atom stereocenters. The molecule has 2 aromatic carbocycles. The summed E-state index contributed by atoms with van der Waals surface area (Å²) in [7, 11) is -2.53. The number of aliphatic hydroxyl groups excluding tert-OH is 2. The lowest BCUT2D eigenvalue weighted by Crippen LogP contribution is -2.32. The van der Waals surface area contributed by atoms with Gasteiger partial charge in [0.25, 0.3) is 10.1 Å². The van der Waals surface area contributed by atoms with Crippen LogP contribution in [-0.2, 0) is 19.6 Å². The zero-order valence-corrected chi connectivity index (χ0v) is 18.9. The van der Waals surface area contributed by atoms with E-state index in [0.717, 1.165) is 18.5 Å². The molecule has 0 aliphatic heterocycles. The molecule has 2 rings (SSSR count). The Kier molecular flexibility index (Phi) is 10.1. The lowest BCUT2D eigenvalue weighted by Gasteiger charge is -2.24. The third kappa shape index (κ3) is 8.03. The smallest absolute Gasteiger partial charge is 0.295 e. The summed E-state index contributed by atoms with van der Waals surface area (Å²) in [6.45, 7) is 3.81. The van der Waals surface area contributed by atoms with Gasteiger partial charge in [-0.2, -0.15) is 8.42 Å². The van der Waals surface area contributed by atoms with E-state index in [4.69, 9.17) is 9.47 Å². The molecule has 9 heteroatoms. The van der Waals surface area contributed by atoms with Crippen molar-refractivity contribution in [3.63, 3.8) is 0 Å². The molecule has 0 bridgehead atoms. The summed E-state index contributed by atoms with van der Waals surface area (Å²) < 4.78 is 43.7. The van der Waals surface area contributed by atoms with E-state index in [9.17, 15) is 23.2 Å². The van der Waals surface area contributed by atoms with Crippen LogP contribution in [0, 0.1) is 0 Å². The summed E-state index contributed by atoms with van der Waals surface area (Å²) in [4.78, 5) is 1.69. The van der Waals surface area contributed by atoms with Crippen LogP contribution in [-0.4, -0.2) is 75.4 Å². The van der Waals surface area contributed by atoms with Crippen molar-refractivity contribution in [3.05, 3.63) is 36.4 Å². The fraction of sp³-hybridized carbons (Fsp3) is 0.545. The van der Waals surface area contributed by atoms with E-state index >= 15 is 0 Å². The van der Waals surface area contributed by atoms with Crippen LogP contribution in [0.4, 0.5) is 5.69 Å². The fourth-order valence-corrected chi connectivity index (χ4v) is 3.94. The number of unbranched alkanes of at least 4 members (excludes halogenated alkanes) is 1. The Morgan fingerprint density at radius 2 is 1.52 bits per heavy atom. The van der Waals surface area contributed by atoms with E-state index in [1.54, 1.807) is 37.4 Å². The van der Waals surface area contributed by atoms with Crippen molar-refractivity contribution in [3.8, 4) is 0 Å². The third-order valence-electron chi connectivity index (χ3n) is 4.95. The first-order chi connectivity index (χ1) is 14.7. The second-order valence-corrected chi connectivity index (χ2v) is 8.95. The molecular formula is C22H33NO7S. The van der Waals surface area contributed by atoms with Gasteiger partial charge in [-0.1, -0.05) is 31.2 Å². The highest BCUT2D eigenvalue weighted by Crippen LogP contribution is 2.31. The maximum atomic E-state index is 11.6. The van der Waals surface area contributed by atoms with Crippen molar-refractivity contribution >= 4 is 26.6 Å². The Labute approximate surface area is 184 Å². The summed E-state index contributed by atoms with van der Waals surface area (Å²) in [5, 5.41) is 20.8. The van der Waals surface area contributed by atoms with Crippen molar-refractivity contribution in [2.45, 2.75) is 43.3 Å². The predicted molar refractivity (Wildman–Crippen MR) is 120 cm³/mol. The SMILES string of the molecule is CCC(O)COCCCCOCC(O)CN(C)c1ccc(S(=O)(=O)O)c2ccccc12. The van der Waals surface area contributed by atoms with Gasteiger partial charge in [-0.05, 0) is 31.4 Å². The van der Waals surface area contributed by atoms with E-state index in [2.05, 4.69) is 0 Å². The minimum Gasteiger partial charge on any atom is -0.391 e. The highest BCUT2D eigenvalue weighted by molar-refractivity contribution is 7.86. The topological polar surface area (TPSA) is 117 Å². The van der Waals surface area contributed by atoms with E-state index in [1.165, 1.54) is 6.07 Å². The predicted octanol–water partition coefficient (Wildman–Crippen LogP) is 2.47. The first-order valence-corrected chi connectivity index (χ1v) is 11.9. The Morgan fingerprint density at radius 1 is 0.935 bits per heavy atom. The van der Waals surface area contributed by atoms with Gasteiger partial charge in [0.15, 0.2) is 0 Å². The van der Waals surface area contributed by atoms with Crippen molar-refractivity contribution in [2.24, 2.45) is 0 Å². The number of aliphatic hydroxyl groups is 2. The Bertz CT molecular complexity index is 919. The van der Waals surface area contributed by atoms with Gasteiger partial charge in [0.2, 0.25) is 0 Å². The number of ether oxygens (including phenoxy) is 2. The molecule has 0 spiro atoms. The van der Waals surface area contributed by atoms with Gasteiger partial charge >= 0.3 is 0 Å². The van der Waals surface area contributed by atoms with Crippen LogP contribution in [0.5, 0.6) is 0 Å². The molecule has 0 saturated carbocycles. The van der Waals surface area contributed by atoms with Gasteiger partial charge in [-0.3, -0.25) is 4.55 Å². The molecule has 0 aromatic heterocycles. The molecule has 31 heavy (non-hydrogen) atoms. The van der Waals surface area contributed by atoms with Crippen LogP contribution in [0.1, 0.15) is 26.2 Å². The number of benzene rings is 2. The number of hydrogen-bond donors (Lipinski definition) is 3. The van der Waals surface area contributed by atoms with Crippen LogP contribution in [0.15, 0.2) is 41.3 Å². The standard InChI is InChI=1S/C22H33NO7S/c1-3-17(24)15-29-12-6-7-13-30-16-18(25)14-23(2)21-10-11-22(31(26,27)28)20-9-5-4-8-19(20)21/h4-5,8-11,17-18,24-25H,3,6-7,12-16H2,1-2H3,(H,26,27,28). The Morgan fingerprint density at radius 3 is 2.10 bits per heavy atom. The second-order valence-electron chi connectivity index (χ2n) is 7.56. The van der Waals surface area contributed by atoms with Gasteiger partial charge in [0.05, 0.1) is 25.4 Å². The van der Waals surface area contributed by atoms with E-state index in [-0.39, 0.29) is 11.5 Å². The molecular weight excluding hydrogens is 422 g/mol. The Balaban J connectivity index is 1.82. The molecule has 0 heterocycles. The molecule has 0 amide bonds. The average Bonchev–Trinajstić information content (AvgIpc) is 2.73. The van der Waals surface area contributed by atoms with Crippen LogP contribution >= 0.6 is 0 Å². The summed E-state index contributed by atoms with van der Waals surface area (Å²) in [5.41, 5.74) is 0.744. The normalized spacial score (nSPS) is 14.0. The fourth-order valence-electron chi connectivity index (χ4n) is 3.25. The average molecular weight is 456 g/mol. The number of hydrogen-bond acceptors (Lipinski definition) is 7. The summed E-state index contributed by atoms with van der Waals surface area (Å²) >= 11 is 0. The minimum atomic E-state index is -4.33. The number of nitrogens with zero attached hydrogens (tertiary/aromatic N) is 1. The van der Waals surface area contributed by atoms with Crippen LogP contribution < -0.4 is 4.90 Å². The molecule has 0 fully saturated rings. The number of likely N-dealkylation sites (N-methyl/N-ethyl adjacent to an activating group) is 1. The molecule has 174 valence electrons. The minimum absolute atomic E-state index is 0.141. The maximum Gasteiger partial charge on any atom is 0.295 e. The van der Waals surface area contributed by atoms with Gasteiger partial charge in [0.1, 0.15) is 4.90 Å². The molecule has 2 atom stereocenters. The van der Waals surface area contributed by atoms with Gasteiger partial charge < -0.3 is 24.6 Å². The highest BCUT2D eigenvalue weighted by atomic mass is 32.2. The number of rotatable bonds is 14. The van der Waals surface area contributed by atoms with Crippen molar-refractivity contribution in [1.29, 1.82) is 0 Å². The third-order valence-corrected chi connectivity index (χ3v) is 5.87. The van der Waals surface area contributed by atoms with E-state index in [1.807, 2.05) is 11.8 Å². The zero-order valence-electron chi connectivity index (χ0n) is 18.1. The van der Waals surface area contributed by atoms with Gasteiger partial charge in [-0.25, -0.2) is 0 Å². The highest BCUT2D eigenvalue weighted by Gasteiger charge is 2.18. The summed E-state index contributed by atoms with van der Waals surface area (Å²) in [5.74, 6) is 0. The van der Waals surface area contributed by atoms with Crippen molar-refractivity contribution in [2.75, 3.05) is 44.9 Å². The molecule has 3 N–H and O–H groups in total. The quantitative estimate of drug-likeness (QED) is 0.294. The summed E-state index contributed by atoms with van der Waals surface area (Å²) in [6, 6.07) is 9.91. The zero-order chi connectivity index (χ0) is 22.9. The monoisotopic (exact) mass is 455 g/mol. The maximum absolute atomic E-state index is 11.6. The second kappa shape index (κ2) is 12.3. The van der Waals surface area contributed by atoms with E-state index in [0.29, 0.717) is 43.6 Å². The number of fused-ring (bicyclic) bond motifs is 1. The molecule has 0 saturated heterocycles. The first-order valence-electron chi connectivity index (χ1n) is 10.5. The van der Waals surface area contributed by atoms with Crippen LogP contribution in [0.25, 0.3) is 10.8 Å². The lowest BCUT2D eigenvalue weighted by atomic mass is 10.1. The number of anilines is 1. The molecule has 0 radical (unpaired) electrons. The lowest BCUT2D eigenvalue weighted by molar-refractivity contribution is 0.0220. The van der Waals surface area contributed by atoms with Gasteiger partial charge in [-0.15, -0.1) is 0 Å². The first kappa shape index (κ1) is 25.5.